The molecule has 306 valence electrons. The van der Waals surface area contributed by atoms with Crippen molar-refractivity contribution >= 4 is 80.9 Å². The molecule has 2 heterocycles. The average Bonchev–Trinajstić information content (AvgIpc) is 3.21. The molecule has 0 N–H and O–H groups in total. The van der Waals surface area contributed by atoms with E-state index in [-0.39, 0.29) is 22.6 Å². The summed E-state index contributed by atoms with van der Waals surface area (Å²) in [5.41, 5.74) is 18.2. The van der Waals surface area contributed by atoms with Gasteiger partial charge in [0.05, 0.1) is 5.69 Å². The van der Waals surface area contributed by atoms with Gasteiger partial charge in [-0.05, 0) is 133 Å². The van der Waals surface area contributed by atoms with Crippen molar-refractivity contribution in [3.05, 3.63) is 179 Å². The average molecular weight is 813 g/mol. The molecule has 0 amide bonds. The number of hydrogen-bond acceptors (Lipinski definition) is 2. The number of rotatable bonds is 5. The summed E-state index contributed by atoms with van der Waals surface area (Å²) < 4.78 is 0. The van der Waals surface area contributed by atoms with E-state index in [0.29, 0.717) is 0 Å². The predicted octanol–water partition coefficient (Wildman–Crippen LogP) is 11.6. The molecule has 0 saturated carbocycles. The molecule has 9 rings (SSSR count). The quantitative estimate of drug-likeness (QED) is 0.126. The lowest BCUT2D eigenvalue weighted by molar-refractivity contribution is 0.590. The maximum atomic E-state index is 2.67. The summed E-state index contributed by atoms with van der Waals surface area (Å²) in [6, 6.07) is 58.9. The predicted molar refractivity (Wildman–Crippen MR) is 269 cm³/mol. The van der Waals surface area contributed by atoms with E-state index in [1.54, 1.807) is 0 Å². The third-order valence-electron chi connectivity index (χ3n) is 13.7. The Hall–Kier alpha value is -5.58. The smallest absolute Gasteiger partial charge is 0.252 e. The monoisotopic (exact) mass is 812 g/mol. The van der Waals surface area contributed by atoms with Gasteiger partial charge in [0.2, 0.25) is 0 Å². The first kappa shape index (κ1) is 40.8. The van der Waals surface area contributed by atoms with Gasteiger partial charge in [-0.15, -0.1) is 0 Å². The normalized spacial score (nSPS) is 13.8. The fourth-order valence-electron chi connectivity index (χ4n) is 10.8. The number of anilines is 6. The van der Waals surface area contributed by atoms with Gasteiger partial charge in [-0.25, -0.2) is 0 Å². The Bertz CT molecular complexity index is 2730. The van der Waals surface area contributed by atoms with E-state index in [1.165, 1.54) is 93.9 Å². The molecule has 0 atom stereocenters. The van der Waals surface area contributed by atoms with Gasteiger partial charge < -0.3 is 9.80 Å². The first-order chi connectivity index (χ1) is 28.9. The summed E-state index contributed by atoms with van der Waals surface area (Å²) in [4.78, 5) is 5.19. The number of aryl methyl sites for hydroxylation is 3. The van der Waals surface area contributed by atoms with E-state index in [9.17, 15) is 0 Å². The Morgan fingerprint density at radius 1 is 0.426 bits per heavy atom. The molecule has 7 aromatic carbocycles. The third kappa shape index (κ3) is 6.52. The second-order valence-electron chi connectivity index (χ2n) is 20.9. The zero-order valence-electron chi connectivity index (χ0n) is 38.4. The second kappa shape index (κ2) is 14.5. The van der Waals surface area contributed by atoms with Gasteiger partial charge in [0, 0.05) is 28.4 Å². The number of nitrogens with zero attached hydrogens (tertiary/aromatic N) is 2. The van der Waals surface area contributed by atoms with Crippen molar-refractivity contribution in [2.45, 2.75) is 99.0 Å². The lowest BCUT2D eigenvalue weighted by atomic mass is 9.33. The SMILES string of the molecule is Cc1cc2c3c(c1)N(c1c(C)cccc1C)c1ccc([Si](c4ccccc4)(c4ccccc4)C(C)(C)C)cc1B3c1cc(C(C)(C)C)ccc1N2c1ccc(C(C)(C)C)cc1. The highest BCUT2D eigenvalue weighted by molar-refractivity contribution is 7.13. The molecule has 61 heavy (non-hydrogen) atoms. The van der Waals surface area contributed by atoms with Gasteiger partial charge in [0.15, 0.2) is 8.07 Å². The molecular weight excluding hydrogens is 752 g/mol. The Labute approximate surface area is 367 Å². The van der Waals surface area contributed by atoms with Crippen molar-refractivity contribution in [1.82, 2.24) is 0 Å². The van der Waals surface area contributed by atoms with E-state index in [0.717, 1.165) is 0 Å². The molecule has 0 fully saturated rings. The van der Waals surface area contributed by atoms with Crippen molar-refractivity contribution in [2.24, 2.45) is 0 Å². The van der Waals surface area contributed by atoms with Crippen LogP contribution in [0.2, 0.25) is 5.04 Å². The van der Waals surface area contributed by atoms with Crippen LogP contribution in [0.4, 0.5) is 34.1 Å². The Balaban J connectivity index is 1.42. The summed E-state index contributed by atoms with van der Waals surface area (Å²) in [5.74, 6) is 0. The van der Waals surface area contributed by atoms with Gasteiger partial charge in [0.1, 0.15) is 0 Å². The standard InChI is InChI=1S/C57H61BN2Si/c1-38-34-51-53-52(35-38)60(54-39(2)20-19-21-40(54)3)50-33-31-46(61(57(10,11)12,44-22-15-13-16-23-44)45-24-17-14-18-25-45)37-48(50)58(53)47-36-42(56(7,8)9)28-32-49(47)59(51)43-29-26-41(27-30-43)55(4,5)6/h13-37H,1-12H3. The van der Waals surface area contributed by atoms with E-state index >= 15 is 0 Å². The van der Waals surface area contributed by atoms with Crippen molar-refractivity contribution in [1.29, 1.82) is 0 Å². The van der Waals surface area contributed by atoms with Crippen molar-refractivity contribution < 1.29 is 0 Å². The van der Waals surface area contributed by atoms with E-state index < -0.39 is 8.07 Å². The highest BCUT2D eigenvalue weighted by atomic mass is 28.3. The second-order valence-corrected chi connectivity index (χ2v) is 25.6. The van der Waals surface area contributed by atoms with E-state index in [2.05, 4.69) is 245 Å². The van der Waals surface area contributed by atoms with Gasteiger partial charge >= 0.3 is 0 Å². The van der Waals surface area contributed by atoms with Gasteiger partial charge in [-0.3, -0.25) is 0 Å². The number of hydrogen-bond donors (Lipinski definition) is 0. The Morgan fingerprint density at radius 3 is 1.46 bits per heavy atom. The van der Waals surface area contributed by atoms with Crippen molar-refractivity contribution in [3.63, 3.8) is 0 Å². The van der Waals surface area contributed by atoms with Crippen LogP contribution in [-0.2, 0) is 10.8 Å². The molecule has 0 radical (unpaired) electrons. The van der Waals surface area contributed by atoms with Crippen molar-refractivity contribution in [3.8, 4) is 0 Å². The molecular formula is C57H61BN2Si. The van der Waals surface area contributed by atoms with Crippen LogP contribution in [0.3, 0.4) is 0 Å². The van der Waals surface area contributed by atoms with Crippen LogP contribution < -0.4 is 41.7 Å². The maximum Gasteiger partial charge on any atom is 0.252 e. The van der Waals surface area contributed by atoms with E-state index in [4.69, 9.17) is 0 Å². The molecule has 2 aliphatic rings. The van der Waals surface area contributed by atoms with Crippen LogP contribution in [0.15, 0.2) is 152 Å². The minimum absolute atomic E-state index is 0.0155. The number of fused-ring (bicyclic) bond motifs is 4. The topological polar surface area (TPSA) is 6.48 Å². The molecule has 0 spiro atoms. The van der Waals surface area contributed by atoms with Gasteiger partial charge in [0.25, 0.3) is 6.71 Å². The van der Waals surface area contributed by atoms with Gasteiger partial charge in [-0.1, -0.05) is 178 Å². The van der Waals surface area contributed by atoms with Crippen LogP contribution >= 0.6 is 0 Å². The lowest BCUT2D eigenvalue weighted by Crippen LogP contribution is -2.73. The summed E-state index contributed by atoms with van der Waals surface area (Å²) >= 11 is 0. The van der Waals surface area contributed by atoms with E-state index in [1.807, 2.05) is 0 Å². The summed E-state index contributed by atoms with van der Waals surface area (Å²) in [6.07, 6.45) is 0. The highest BCUT2D eigenvalue weighted by Gasteiger charge is 2.51. The fraction of sp³-hybridized carbons (Fsp3) is 0.263. The summed E-state index contributed by atoms with van der Waals surface area (Å²) in [7, 11) is -2.69. The van der Waals surface area contributed by atoms with Crippen LogP contribution in [0.5, 0.6) is 0 Å². The fourth-order valence-corrected chi connectivity index (χ4v) is 16.5. The largest absolute Gasteiger partial charge is 0.311 e. The third-order valence-corrected chi connectivity index (χ3v) is 19.5. The zero-order valence-corrected chi connectivity index (χ0v) is 39.4. The molecule has 0 aliphatic carbocycles. The molecule has 0 aromatic heterocycles. The molecule has 0 unspecified atom stereocenters. The first-order valence-corrected chi connectivity index (χ1v) is 24.2. The number of benzene rings is 7. The van der Waals surface area contributed by atoms with Crippen LogP contribution in [0.25, 0.3) is 0 Å². The van der Waals surface area contributed by atoms with Crippen molar-refractivity contribution in [2.75, 3.05) is 9.80 Å². The highest BCUT2D eigenvalue weighted by Crippen LogP contribution is 2.47. The first-order valence-electron chi connectivity index (χ1n) is 22.2. The Morgan fingerprint density at radius 2 is 0.918 bits per heavy atom. The molecule has 7 aromatic rings. The minimum atomic E-state index is -2.69. The van der Waals surface area contributed by atoms with Gasteiger partial charge in [-0.2, -0.15) is 0 Å². The van der Waals surface area contributed by atoms with Crippen LogP contribution in [0, 0.1) is 20.8 Å². The van der Waals surface area contributed by atoms with Crippen LogP contribution in [0.1, 0.15) is 90.1 Å². The summed E-state index contributed by atoms with van der Waals surface area (Å²) in [5, 5.41) is 4.28. The minimum Gasteiger partial charge on any atom is -0.311 e. The molecule has 0 saturated heterocycles. The summed E-state index contributed by atoms with van der Waals surface area (Å²) in [6.45, 7) is 28.2. The molecule has 2 aliphatic heterocycles. The molecule has 2 nitrogen and oxygen atoms in total. The lowest BCUT2D eigenvalue weighted by Gasteiger charge is -2.47. The molecule has 4 heteroatoms. The molecule has 0 bridgehead atoms. The maximum absolute atomic E-state index is 2.69. The van der Waals surface area contributed by atoms with Crippen LogP contribution in [-0.4, -0.2) is 14.8 Å². The zero-order chi connectivity index (χ0) is 43.2. The number of para-hydroxylation sites is 1. The Kier molecular flexibility index (Phi) is 9.71.